The zero-order chi connectivity index (χ0) is 17.8. The van der Waals surface area contributed by atoms with Gasteiger partial charge in [-0.15, -0.1) is 0 Å². The zero-order valence-electron chi connectivity index (χ0n) is 14.2. The number of benzene rings is 2. The van der Waals surface area contributed by atoms with E-state index in [-0.39, 0.29) is 18.2 Å². The molecule has 0 aliphatic rings. The van der Waals surface area contributed by atoms with Crippen molar-refractivity contribution in [2.24, 2.45) is 0 Å². The third-order valence-electron chi connectivity index (χ3n) is 3.86. The van der Waals surface area contributed by atoms with Gasteiger partial charge in [-0.25, -0.2) is 4.98 Å². The van der Waals surface area contributed by atoms with Gasteiger partial charge >= 0.3 is 0 Å². The molecule has 2 aromatic carbocycles. The standard InChI is InChI=1S/C19H20N4O2/c1-3-23-17-7-5-4-6-16(17)21-19(23)22-18(25)12-14-8-10-15(11-9-14)20-13(2)24/h4-11H,3,12H2,1-2H3,(H,20,24)(H,21,22,25). The fourth-order valence-electron chi connectivity index (χ4n) is 2.75. The number of anilines is 2. The third-order valence-corrected chi connectivity index (χ3v) is 3.86. The highest BCUT2D eigenvalue weighted by Crippen LogP contribution is 2.19. The van der Waals surface area contributed by atoms with Gasteiger partial charge in [0, 0.05) is 19.2 Å². The molecular formula is C19H20N4O2. The van der Waals surface area contributed by atoms with Gasteiger partial charge in [-0.1, -0.05) is 24.3 Å². The van der Waals surface area contributed by atoms with Gasteiger partial charge in [-0.2, -0.15) is 0 Å². The Kier molecular flexibility index (Phi) is 4.79. The molecule has 0 bridgehead atoms. The highest BCUT2D eigenvalue weighted by atomic mass is 16.2. The summed E-state index contributed by atoms with van der Waals surface area (Å²) in [7, 11) is 0. The Morgan fingerprint density at radius 1 is 1.04 bits per heavy atom. The highest BCUT2D eigenvalue weighted by molar-refractivity contribution is 5.93. The Morgan fingerprint density at radius 3 is 2.44 bits per heavy atom. The molecule has 0 saturated carbocycles. The molecule has 128 valence electrons. The number of rotatable bonds is 5. The Labute approximate surface area is 145 Å². The number of imidazole rings is 1. The molecular weight excluding hydrogens is 316 g/mol. The lowest BCUT2D eigenvalue weighted by molar-refractivity contribution is -0.116. The highest BCUT2D eigenvalue weighted by Gasteiger charge is 2.12. The van der Waals surface area contributed by atoms with Crippen molar-refractivity contribution >= 4 is 34.5 Å². The van der Waals surface area contributed by atoms with Crippen molar-refractivity contribution in [2.45, 2.75) is 26.8 Å². The number of fused-ring (bicyclic) bond motifs is 1. The van der Waals surface area contributed by atoms with Crippen molar-refractivity contribution in [3.05, 3.63) is 54.1 Å². The van der Waals surface area contributed by atoms with Gasteiger partial charge < -0.3 is 9.88 Å². The van der Waals surface area contributed by atoms with Gasteiger partial charge in [-0.3, -0.25) is 14.9 Å². The molecule has 25 heavy (non-hydrogen) atoms. The first kappa shape index (κ1) is 16.7. The van der Waals surface area contributed by atoms with Crippen LogP contribution in [0.1, 0.15) is 19.4 Å². The molecule has 1 aromatic heterocycles. The Balaban J connectivity index is 1.71. The quantitative estimate of drug-likeness (QED) is 0.751. The number of hydrogen-bond acceptors (Lipinski definition) is 3. The van der Waals surface area contributed by atoms with E-state index in [1.807, 2.05) is 47.9 Å². The van der Waals surface area contributed by atoms with E-state index >= 15 is 0 Å². The van der Waals surface area contributed by atoms with E-state index in [0.29, 0.717) is 11.6 Å². The Hall–Kier alpha value is -3.15. The topological polar surface area (TPSA) is 76.0 Å². The molecule has 0 radical (unpaired) electrons. The lowest BCUT2D eigenvalue weighted by Gasteiger charge is -2.08. The largest absolute Gasteiger partial charge is 0.326 e. The molecule has 2 N–H and O–H groups in total. The number of hydrogen-bond donors (Lipinski definition) is 2. The van der Waals surface area contributed by atoms with E-state index in [0.717, 1.165) is 23.1 Å². The van der Waals surface area contributed by atoms with Gasteiger partial charge in [0.05, 0.1) is 17.5 Å². The second-order valence-corrected chi connectivity index (χ2v) is 5.77. The first-order chi connectivity index (χ1) is 12.1. The second kappa shape index (κ2) is 7.17. The number of carbonyl (C=O) groups excluding carboxylic acids is 2. The van der Waals surface area contributed by atoms with Gasteiger partial charge in [0.25, 0.3) is 0 Å². The number of carbonyl (C=O) groups is 2. The number of nitrogens with one attached hydrogen (secondary N) is 2. The van der Waals surface area contributed by atoms with Crippen LogP contribution in [0.2, 0.25) is 0 Å². The molecule has 6 nitrogen and oxygen atoms in total. The van der Waals surface area contributed by atoms with Crippen LogP contribution < -0.4 is 10.6 Å². The summed E-state index contributed by atoms with van der Waals surface area (Å²) in [5, 5.41) is 5.59. The normalized spacial score (nSPS) is 10.6. The van der Waals surface area contributed by atoms with Gasteiger partial charge in [0.2, 0.25) is 17.8 Å². The third kappa shape index (κ3) is 3.85. The van der Waals surface area contributed by atoms with Crippen LogP contribution in [0.3, 0.4) is 0 Å². The van der Waals surface area contributed by atoms with Crippen LogP contribution in [-0.2, 0) is 22.6 Å². The minimum atomic E-state index is -0.128. The molecule has 3 rings (SSSR count). The molecule has 0 atom stereocenters. The average molecular weight is 336 g/mol. The van der Waals surface area contributed by atoms with Crippen LogP contribution in [0.5, 0.6) is 0 Å². The summed E-state index contributed by atoms with van der Waals surface area (Å²) >= 11 is 0. The van der Waals surface area contributed by atoms with Crippen LogP contribution in [0.15, 0.2) is 48.5 Å². The molecule has 2 amide bonds. The maximum Gasteiger partial charge on any atom is 0.231 e. The lowest BCUT2D eigenvalue weighted by atomic mass is 10.1. The minimum absolute atomic E-state index is 0.121. The van der Waals surface area contributed by atoms with Crippen LogP contribution in [-0.4, -0.2) is 21.4 Å². The summed E-state index contributed by atoms with van der Waals surface area (Å²) in [5.74, 6) is 0.310. The predicted molar refractivity (Wildman–Crippen MR) is 98.5 cm³/mol. The van der Waals surface area contributed by atoms with Crippen molar-refractivity contribution < 1.29 is 9.59 Å². The summed E-state index contributed by atoms with van der Waals surface area (Å²) in [6, 6.07) is 15.0. The fraction of sp³-hybridized carbons (Fsp3) is 0.211. The average Bonchev–Trinajstić information content (AvgIpc) is 2.93. The van der Waals surface area contributed by atoms with E-state index in [1.54, 1.807) is 12.1 Å². The van der Waals surface area contributed by atoms with Gasteiger partial charge in [-0.05, 0) is 36.8 Å². The van der Waals surface area contributed by atoms with Crippen LogP contribution >= 0.6 is 0 Å². The van der Waals surface area contributed by atoms with Crippen molar-refractivity contribution in [3.63, 3.8) is 0 Å². The van der Waals surface area contributed by atoms with Gasteiger partial charge in [0.1, 0.15) is 0 Å². The number of aryl methyl sites for hydroxylation is 1. The number of amides is 2. The van der Waals surface area contributed by atoms with E-state index in [1.165, 1.54) is 6.92 Å². The fourth-order valence-corrected chi connectivity index (χ4v) is 2.75. The second-order valence-electron chi connectivity index (χ2n) is 5.77. The molecule has 0 spiro atoms. The number of para-hydroxylation sites is 2. The predicted octanol–water partition coefficient (Wildman–Crippen LogP) is 3.20. The summed E-state index contributed by atoms with van der Waals surface area (Å²) in [4.78, 5) is 27.9. The lowest BCUT2D eigenvalue weighted by Crippen LogP contribution is -2.17. The Bertz CT molecular complexity index is 913. The van der Waals surface area contributed by atoms with E-state index in [4.69, 9.17) is 0 Å². The maximum absolute atomic E-state index is 12.4. The molecule has 0 unspecified atom stereocenters. The van der Waals surface area contributed by atoms with E-state index in [2.05, 4.69) is 15.6 Å². The van der Waals surface area contributed by atoms with Crippen LogP contribution in [0.25, 0.3) is 11.0 Å². The molecule has 0 saturated heterocycles. The van der Waals surface area contributed by atoms with Crippen LogP contribution in [0, 0.1) is 0 Å². The summed E-state index contributed by atoms with van der Waals surface area (Å²) in [5.41, 5.74) is 3.44. The van der Waals surface area contributed by atoms with Crippen molar-refractivity contribution in [2.75, 3.05) is 10.6 Å². The van der Waals surface area contributed by atoms with Crippen molar-refractivity contribution in [1.82, 2.24) is 9.55 Å². The van der Waals surface area contributed by atoms with Crippen molar-refractivity contribution in [1.29, 1.82) is 0 Å². The molecule has 0 aliphatic carbocycles. The monoisotopic (exact) mass is 336 g/mol. The number of aromatic nitrogens is 2. The molecule has 0 fully saturated rings. The molecule has 0 aliphatic heterocycles. The first-order valence-corrected chi connectivity index (χ1v) is 8.18. The maximum atomic E-state index is 12.4. The molecule has 1 heterocycles. The zero-order valence-corrected chi connectivity index (χ0v) is 14.2. The Morgan fingerprint density at radius 2 is 1.76 bits per heavy atom. The molecule has 3 aromatic rings. The summed E-state index contributed by atoms with van der Waals surface area (Å²) in [6.45, 7) is 4.20. The smallest absolute Gasteiger partial charge is 0.231 e. The van der Waals surface area contributed by atoms with Crippen LogP contribution in [0.4, 0.5) is 11.6 Å². The number of nitrogens with zero attached hydrogens (tertiary/aromatic N) is 2. The van der Waals surface area contributed by atoms with Gasteiger partial charge in [0.15, 0.2) is 0 Å². The van der Waals surface area contributed by atoms with E-state index < -0.39 is 0 Å². The van der Waals surface area contributed by atoms with Crippen molar-refractivity contribution in [3.8, 4) is 0 Å². The first-order valence-electron chi connectivity index (χ1n) is 8.18. The SMILES string of the molecule is CCn1c(NC(=O)Cc2ccc(NC(C)=O)cc2)nc2ccccc21. The summed E-state index contributed by atoms with van der Waals surface area (Å²) in [6.07, 6.45) is 0.243. The van der Waals surface area contributed by atoms with E-state index in [9.17, 15) is 9.59 Å². The molecule has 6 heteroatoms. The minimum Gasteiger partial charge on any atom is -0.326 e. The summed E-state index contributed by atoms with van der Waals surface area (Å²) < 4.78 is 1.98.